The third-order valence-corrected chi connectivity index (χ3v) is 1.64. The van der Waals surface area contributed by atoms with Gasteiger partial charge in [0.05, 0.1) is 0 Å². The van der Waals surface area contributed by atoms with Crippen molar-refractivity contribution >= 4 is 0 Å². The van der Waals surface area contributed by atoms with E-state index in [1.807, 2.05) is 0 Å². The highest BCUT2D eigenvalue weighted by atomic mass is 13.9. The van der Waals surface area contributed by atoms with Crippen LogP contribution in [0.25, 0.3) is 0 Å². The van der Waals surface area contributed by atoms with Crippen molar-refractivity contribution in [2.75, 3.05) is 0 Å². The van der Waals surface area contributed by atoms with Gasteiger partial charge in [0.2, 0.25) is 0 Å². The smallest absolute Gasteiger partial charge is 0.0310 e. The molecule has 0 unspecified atom stereocenters. The summed E-state index contributed by atoms with van der Waals surface area (Å²) in [7, 11) is 0. The maximum absolute atomic E-state index is 2.28. The topological polar surface area (TPSA) is 0 Å². The summed E-state index contributed by atoms with van der Waals surface area (Å²) < 4.78 is 0. The second-order valence-corrected chi connectivity index (χ2v) is 2.82. The van der Waals surface area contributed by atoms with E-state index in [1.165, 1.54) is 24.0 Å². The fraction of sp³-hybridized carbons (Fsp3) is 0.400. The van der Waals surface area contributed by atoms with E-state index < -0.39 is 0 Å². The van der Waals surface area contributed by atoms with Crippen molar-refractivity contribution in [3.8, 4) is 0 Å². The number of rotatable bonds is 0. The van der Waals surface area contributed by atoms with E-state index >= 15 is 0 Å². The lowest BCUT2D eigenvalue weighted by molar-refractivity contribution is 1.03. The van der Waals surface area contributed by atoms with Crippen molar-refractivity contribution in [1.82, 2.24) is 0 Å². The predicted octanol–water partition coefficient (Wildman–Crippen LogP) is 3.23. The average Bonchev–Trinajstić information content (AvgIpc) is 1.83. The van der Waals surface area contributed by atoms with Crippen molar-refractivity contribution in [3.05, 3.63) is 35.5 Å². The van der Waals surface area contributed by atoms with Crippen LogP contribution in [0.5, 0.6) is 0 Å². The molecule has 0 nitrogen and oxygen atoms in total. The van der Waals surface area contributed by atoms with Crippen molar-refractivity contribution in [2.45, 2.75) is 26.7 Å². The quantitative estimate of drug-likeness (QED) is 0.477. The van der Waals surface area contributed by atoms with Crippen LogP contribution in [0.1, 0.15) is 26.7 Å². The van der Waals surface area contributed by atoms with Gasteiger partial charge in [-0.3, -0.25) is 0 Å². The van der Waals surface area contributed by atoms with Gasteiger partial charge in [-0.05, 0) is 26.7 Å². The van der Waals surface area contributed by atoms with E-state index in [-0.39, 0.29) is 0 Å². The molecule has 0 atom stereocenters. The third-order valence-electron chi connectivity index (χ3n) is 1.64. The Hall–Kier alpha value is -0.780. The first-order chi connectivity index (χ1) is 4.79. The molecule has 54 valence electrons. The summed E-state index contributed by atoms with van der Waals surface area (Å²) in [5.41, 5.74) is 2.75. The molecule has 0 heteroatoms. The molecular weight excluding hydrogens is 120 g/mol. The van der Waals surface area contributed by atoms with Gasteiger partial charge >= 0.3 is 0 Å². The Morgan fingerprint density at radius 2 is 1.90 bits per heavy atom. The minimum atomic E-state index is 1.18. The summed E-state index contributed by atoms with van der Waals surface area (Å²) in [5, 5.41) is 0. The highest BCUT2D eigenvalue weighted by Crippen LogP contribution is 2.09. The normalized spacial score (nSPS) is 32.6. The Bertz CT molecular complexity index is 192. The molecule has 1 rings (SSSR count). The number of hydrogen-bond donors (Lipinski definition) is 0. The number of allylic oxidation sites excluding steroid dienone is 6. The van der Waals surface area contributed by atoms with Crippen molar-refractivity contribution in [3.63, 3.8) is 0 Å². The molecule has 0 N–H and O–H groups in total. The zero-order valence-electron chi connectivity index (χ0n) is 6.72. The summed E-state index contributed by atoms with van der Waals surface area (Å²) >= 11 is 0. The maximum atomic E-state index is 2.28. The monoisotopic (exact) mass is 134 g/mol. The van der Waals surface area contributed by atoms with Gasteiger partial charge in [-0.2, -0.15) is 0 Å². The lowest BCUT2D eigenvalue weighted by Gasteiger charge is -1.98. The molecule has 0 aromatic carbocycles. The van der Waals surface area contributed by atoms with Crippen LogP contribution in [-0.2, 0) is 0 Å². The summed E-state index contributed by atoms with van der Waals surface area (Å²) in [6.45, 7) is 4.29. The molecular formula is C10H14. The zero-order valence-corrected chi connectivity index (χ0v) is 6.72. The summed E-state index contributed by atoms with van der Waals surface area (Å²) in [5.74, 6) is 0. The van der Waals surface area contributed by atoms with E-state index in [0.29, 0.717) is 0 Å². The van der Waals surface area contributed by atoms with Crippen molar-refractivity contribution < 1.29 is 0 Å². The molecule has 0 aromatic heterocycles. The SMILES string of the molecule is CC1=C/C(C)=C/CC\C=C\1. The van der Waals surface area contributed by atoms with Crippen LogP contribution < -0.4 is 0 Å². The van der Waals surface area contributed by atoms with Gasteiger partial charge in [0, 0.05) is 0 Å². The fourth-order valence-electron chi connectivity index (χ4n) is 1.14. The second kappa shape index (κ2) is 3.40. The van der Waals surface area contributed by atoms with Crippen molar-refractivity contribution in [2.24, 2.45) is 0 Å². The molecule has 1 aliphatic carbocycles. The van der Waals surface area contributed by atoms with Crippen LogP contribution in [-0.4, -0.2) is 0 Å². The maximum Gasteiger partial charge on any atom is -0.0310 e. The van der Waals surface area contributed by atoms with E-state index in [1.54, 1.807) is 0 Å². The molecule has 0 bridgehead atoms. The van der Waals surface area contributed by atoms with Gasteiger partial charge in [0.1, 0.15) is 0 Å². The summed E-state index contributed by atoms with van der Waals surface area (Å²) in [6.07, 6.45) is 11.3. The fourth-order valence-corrected chi connectivity index (χ4v) is 1.14. The average molecular weight is 134 g/mol. The lowest BCUT2D eigenvalue weighted by atomic mass is 10.1. The minimum Gasteiger partial charge on any atom is -0.0840 e. The molecule has 0 amide bonds. The molecule has 0 radical (unpaired) electrons. The molecule has 1 aliphatic rings. The minimum absolute atomic E-state index is 1.18. The first-order valence-electron chi connectivity index (χ1n) is 3.80. The molecule has 10 heavy (non-hydrogen) atoms. The van der Waals surface area contributed by atoms with E-state index in [0.717, 1.165) is 0 Å². The zero-order chi connectivity index (χ0) is 7.40. The van der Waals surface area contributed by atoms with Crippen LogP contribution in [0.2, 0.25) is 0 Å². The molecule has 0 heterocycles. The van der Waals surface area contributed by atoms with Gasteiger partial charge in [-0.1, -0.05) is 35.5 Å². The molecule has 0 aromatic rings. The Morgan fingerprint density at radius 3 is 2.70 bits per heavy atom. The first kappa shape index (κ1) is 7.33. The Labute approximate surface area is 62.9 Å². The van der Waals surface area contributed by atoms with E-state index in [9.17, 15) is 0 Å². The van der Waals surface area contributed by atoms with E-state index in [4.69, 9.17) is 0 Å². The highest BCUT2D eigenvalue weighted by Gasteiger charge is 1.88. The van der Waals surface area contributed by atoms with Crippen LogP contribution in [0.4, 0.5) is 0 Å². The molecule has 0 saturated heterocycles. The molecule has 0 spiro atoms. The molecule has 0 saturated carbocycles. The summed E-state index contributed by atoms with van der Waals surface area (Å²) in [4.78, 5) is 0. The molecule has 0 aliphatic heterocycles. The number of hydrogen-bond acceptors (Lipinski definition) is 0. The van der Waals surface area contributed by atoms with Crippen LogP contribution in [0.15, 0.2) is 35.5 Å². The Morgan fingerprint density at radius 1 is 1.10 bits per heavy atom. The van der Waals surface area contributed by atoms with Crippen LogP contribution >= 0.6 is 0 Å². The standard InChI is InChI=1S/C10H14/c1-9-6-4-3-5-7-10(2)8-9/h4,6-8H,3,5H2,1-2H3/b6-4+,9-8-,10-7+. The first-order valence-corrected chi connectivity index (χ1v) is 3.80. The Balaban J connectivity index is 2.79. The third kappa shape index (κ3) is 2.22. The predicted molar refractivity (Wildman–Crippen MR) is 45.9 cm³/mol. The largest absolute Gasteiger partial charge is 0.0840 e. The highest BCUT2D eigenvalue weighted by molar-refractivity contribution is 5.28. The Kier molecular flexibility index (Phi) is 2.49. The van der Waals surface area contributed by atoms with Gasteiger partial charge in [0.25, 0.3) is 0 Å². The van der Waals surface area contributed by atoms with Gasteiger partial charge in [-0.15, -0.1) is 0 Å². The second-order valence-electron chi connectivity index (χ2n) is 2.82. The lowest BCUT2D eigenvalue weighted by Crippen LogP contribution is -1.78. The summed E-state index contributed by atoms with van der Waals surface area (Å²) in [6, 6.07) is 0. The van der Waals surface area contributed by atoms with Gasteiger partial charge in [0.15, 0.2) is 0 Å². The van der Waals surface area contributed by atoms with Gasteiger partial charge in [-0.25, -0.2) is 0 Å². The van der Waals surface area contributed by atoms with Crippen LogP contribution in [0, 0.1) is 0 Å². The molecule has 0 fully saturated rings. The van der Waals surface area contributed by atoms with Crippen LogP contribution in [0.3, 0.4) is 0 Å². The van der Waals surface area contributed by atoms with E-state index in [2.05, 4.69) is 38.2 Å². The van der Waals surface area contributed by atoms with Gasteiger partial charge < -0.3 is 0 Å². The van der Waals surface area contributed by atoms with Crippen molar-refractivity contribution in [1.29, 1.82) is 0 Å².